The Hall–Kier alpha value is -1.13. The first kappa shape index (κ1) is 5.02. The van der Waals surface area contributed by atoms with Gasteiger partial charge in [-0.15, -0.1) is 0 Å². The molecular weight excluding hydrogens is 105 g/mol. The maximum Gasteiger partial charge on any atom is 0.347 e. The van der Waals surface area contributed by atoms with Crippen LogP contribution in [0.15, 0.2) is 11.1 Å². The van der Waals surface area contributed by atoms with Gasteiger partial charge < -0.3 is 4.98 Å². The second-order valence-electron chi connectivity index (χ2n) is 1.19. The topological polar surface area (TPSA) is 58.6 Å². The molecule has 5 heteroatoms. The lowest BCUT2D eigenvalue weighted by atomic mass is 10.1. The molecule has 2 radical (unpaired) electrons. The van der Waals surface area contributed by atoms with Crippen molar-refractivity contribution in [2.24, 2.45) is 0 Å². The van der Waals surface area contributed by atoms with Crippen molar-refractivity contribution < 1.29 is 0 Å². The van der Waals surface area contributed by atoms with Crippen molar-refractivity contribution >= 4 is 13.6 Å². The average Bonchev–Trinajstić information content (AvgIpc) is 1.64. The summed E-state index contributed by atoms with van der Waals surface area (Å²) in [6.45, 7) is 0. The fourth-order valence-electron chi connectivity index (χ4n) is 0.318. The third kappa shape index (κ3) is 0.929. The molecule has 0 saturated heterocycles. The van der Waals surface area contributed by atoms with Crippen LogP contribution in [0.2, 0.25) is 0 Å². The molecule has 0 amide bonds. The minimum absolute atomic E-state index is 0.0880. The highest BCUT2D eigenvalue weighted by atomic mass is 16.1. The molecule has 0 spiro atoms. The van der Waals surface area contributed by atoms with E-state index in [1.54, 1.807) is 0 Å². The van der Waals surface area contributed by atoms with Gasteiger partial charge in [0, 0.05) is 0 Å². The Morgan fingerprint density at radius 1 is 1.62 bits per heavy atom. The third-order valence-electron chi connectivity index (χ3n) is 0.607. The zero-order valence-electron chi connectivity index (χ0n) is 3.96. The third-order valence-corrected chi connectivity index (χ3v) is 0.607. The molecule has 0 unspecified atom stereocenters. The van der Waals surface area contributed by atoms with Crippen LogP contribution in [-0.4, -0.2) is 22.8 Å². The molecule has 1 rings (SSSR count). The van der Waals surface area contributed by atoms with Crippen molar-refractivity contribution in [3.63, 3.8) is 0 Å². The molecule has 0 fully saturated rings. The normalized spacial score (nSPS) is 9.00. The van der Waals surface area contributed by atoms with Crippen LogP contribution in [0, 0.1) is 0 Å². The molecular formula is C3H2BN3O. The zero-order chi connectivity index (χ0) is 5.98. The van der Waals surface area contributed by atoms with Crippen LogP contribution in [-0.2, 0) is 0 Å². The van der Waals surface area contributed by atoms with E-state index in [9.17, 15) is 4.79 Å². The van der Waals surface area contributed by atoms with E-state index in [0.717, 1.165) is 6.33 Å². The fraction of sp³-hybridized carbons (Fsp3) is 0. The van der Waals surface area contributed by atoms with Crippen LogP contribution in [0.5, 0.6) is 0 Å². The summed E-state index contributed by atoms with van der Waals surface area (Å²) in [7, 11) is 5.05. The number of aromatic nitrogens is 3. The summed E-state index contributed by atoms with van der Waals surface area (Å²) in [5.74, 6) is 0. The number of hydrogen-bond acceptors (Lipinski definition) is 3. The predicted octanol–water partition coefficient (Wildman–Crippen LogP) is -2.04. The summed E-state index contributed by atoms with van der Waals surface area (Å²) < 4.78 is 0. The Balaban J connectivity index is 3.28. The fourth-order valence-corrected chi connectivity index (χ4v) is 0.318. The van der Waals surface area contributed by atoms with Crippen LogP contribution < -0.4 is 11.4 Å². The van der Waals surface area contributed by atoms with E-state index in [4.69, 9.17) is 7.85 Å². The number of H-pyrrole nitrogens is 1. The van der Waals surface area contributed by atoms with Crippen LogP contribution in [0.1, 0.15) is 0 Å². The molecule has 8 heavy (non-hydrogen) atoms. The predicted molar refractivity (Wildman–Crippen MR) is 28.0 cm³/mol. The van der Waals surface area contributed by atoms with Crippen molar-refractivity contribution in [3.05, 3.63) is 16.8 Å². The van der Waals surface area contributed by atoms with Gasteiger partial charge in [0.15, 0.2) is 7.85 Å². The van der Waals surface area contributed by atoms with Gasteiger partial charge in [-0.25, -0.2) is 9.78 Å². The van der Waals surface area contributed by atoms with E-state index >= 15 is 0 Å². The highest BCUT2D eigenvalue weighted by Crippen LogP contribution is 1.46. The van der Waals surface area contributed by atoms with Gasteiger partial charge in [0.25, 0.3) is 0 Å². The first-order valence-corrected chi connectivity index (χ1v) is 1.96. The molecule has 1 aromatic rings. The van der Waals surface area contributed by atoms with Crippen LogP contribution in [0.25, 0.3) is 0 Å². The van der Waals surface area contributed by atoms with Crippen molar-refractivity contribution in [1.82, 2.24) is 15.0 Å². The number of hydrogen-bond donors (Lipinski definition) is 1. The summed E-state index contributed by atoms with van der Waals surface area (Å²) >= 11 is 0. The molecule has 0 atom stereocenters. The van der Waals surface area contributed by atoms with Gasteiger partial charge in [-0.05, 0) is 0 Å². The summed E-state index contributed by atoms with van der Waals surface area (Å²) in [6.07, 6.45) is 1.11. The molecule has 0 aliphatic heterocycles. The minimum Gasteiger partial charge on any atom is -0.303 e. The Labute approximate surface area is 46.4 Å². The molecule has 0 aliphatic carbocycles. The van der Waals surface area contributed by atoms with Crippen molar-refractivity contribution in [1.29, 1.82) is 0 Å². The van der Waals surface area contributed by atoms with Gasteiger partial charge in [0.1, 0.15) is 6.33 Å². The molecule has 1 heterocycles. The maximum absolute atomic E-state index is 10.2. The van der Waals surface area contributed by atoms with E-state index in [0.29, 0.717) is 0 Å². The van der Waals surface area contributed by atoms with Crippen molar-refractivity contribution in [2.45, 2.75) is 0 Å². The van der Waals surface area contributed by atoms with Crippen LogP contribution in [0.3, 0.4) is 0 Å². The van der Waals surface area contributed by atoms with E-state index in [1.165, 1.54) is 0 Å². The van der Waals surface area contributed by atoms with Gasteiger partial charge in [-0.3, -0.25) is 0 Å². The quantitative estimate of drug-likeness (QED) is 0.388. The maximum atomic E-state index is 10.2. The molecule has 0 aromatic carbocycles. The van der Waals surface area contributed by atoms with E-state index in [2.05, 4.69) is 15.0 Å². The second-order valence-corrected chi connectivity index (χ2v) is 1.19. The zero-order valence-corrected chi connectivity index (χ0v) is 3.96. The standard InChI is InChI=1S/C3H2BN3O/c4-2-5-1-6-3(8)7-2/h1H,(H,5,6,7,8). The van der Waals surface area contributed by atoms with Crippen LogP contribution >= 0.6 is 0 Å². The lowest BCUT2D eigenvalue weighted by Gasteiger charge is -1.83. The van der Waals surface area contributed by atoms with Gasteiger partial charge in [0.2, 0.25) is 0 Å². The monoisotopic (exact) mass is 107 g/mol. The number of nitrogens with one attached hydrogen (secondary N) is 1. The molecule has 1 aromatic heterocycles. The molecule has 0 bridgehead atoms. The SMILES string of the molecule is [B]c1ncnc(=O)[nH]1. The molecule has 1 N–H and O–H groups in total. The first-order valence-electron chi connectivity index (χ1n) is 1.96. The lowest BCUT2D eigenvalue weighted by Crippen LogP contribution is -2.24. The lowest BCUT2D eigenvalue weighted by molar-refractivity contribution is 1.02. The summed E-state index contributed by atoms with van der Waals surface area (Å²) in [5.41, 5.74) is -0.387. The molecule has 0 aliphatic rings. The van der Waals surface area contributed by atoms with Crippen molar-refractivity contribution in [3.8, 4) is 0 Å². The van der Waals surface area contributed by atoms with E-state index in [1.807, 2.05) is 0 Å². The van der Waals surface area contributed by atoms with Gasteiger partial charge >= 0.3 is 5.69 Å². The molecule has 4 nitrogen and oxygen atoms in total. The Bertz CT molecular complexity index is 232. The summed E-state index contributed by atoms with van der Waals surface area (Å²) in [6, 6.07) is 0. The Morgan fingerprint density at radius 2 is 2.38 bits per heavy atom. The van der Waals surface area contributed by atoms with Crippen LogP contribution in [0.4, 0.5) is 0 Å². The summed E-state index contributed by atoms with van der Waals surface area (Å²) in [5, 5.41) is 0. The van der Waals surface area contributed by atoms with Gasteiger partial charge in [-0.2, -0.15) is 4.98 Å². The molecule has 0 saturated carbocycles. The second kappa shape index (κ2) is 1.77. The van der Waals surface area contributed by atoms with Gasteiger partial charge in [-0.1, -0.05) is 0 Å². The number of rotatable bonds is 0. The average molecular weight is 107 g/mol. The van der Waals surface area contributed by atoms with Gasteiger partial charge in [0.05, 0.1) is 5.72 Å². The first-order chi connectivity index (χ1) is 3.79. The Kier molecular flexibility index (Phi) is 1.11. The van der Waals surface area contributed by atoms with E-state index < -0.39 is 5.69 Å². The van der Waals surface area contributed by atoms with Crippen molar-refractivity contribution in [2.75, 3.05) is 0 Å². The smallest absolute Gasteiger partial charge is 0.303 e. The highest BCUT2D eigenvalue weighted by Gasteiger charge is 1.81. The highest BCUT2D eigenvalue weighted by molar-refractivity contribution is 6.28. The summed E-state index contributed by atoms with van der Waals surface area (Å²) in [4.78, 5) is 19.1. The number of aromatic amines is 1. The van der Waals surface area contributed by atoms with E-state index in [-0.39, 0.29) is 5.72 Å². The minimum atomic E-state index is -0.475. The Morgan fingerprint density at radius 3 is 2.75 bits per heavy atom. The number of nitrogens with zero attached hydrogens (tertiary/aromatic N) is 2. The largest absolute Gasteiger partial charge is 0.347 e. The molecule has 38 valence electrons.